The number of rotatable bonds is 5. The molecule has 0 amide bonds. The van der Waals surface area contributed by atoms with Crippen molar-refractivity contribution in [1.82, 2.24) is 15.5 Å². The highest BCUT2D eigenvalue weighted by Gasteiger charge is 2.33. The lowest BCUT2D eigenvalue weighted by atomic mass is 10.1. The van der Waals surface area contributed by atoms with Crippen LogP contribution in [-0.2, 0) is 0 Å². The van der Waals surface area contributed by atoms with Gasteiger partial charge in [0.1, 0.15) is 0 Å². The minimum atomic E-state index is 0.339. The Labute approximate surface area is 144 Å². The molecule has 1 heterocycles. The molecule has 1 aliphatic carbocycles. The largest absolute Gasteiger partial charge is 0.354 e. The van der Waals surface area contributed by atoms with Gasteiger partial charge in [0.25, 0.3) is 0 Å². The third kappa shape index (κ3) is 4.39. The first-order chi connectivity index (χ1) is 11.2. The first-order valence-corrected chi connectivity index (χ1v) is 9.02. The maximum atomic E-state index is 6.20. The summed E-state index contributed by atoms with van der Waals surface area (Å²) in [6.45, 7) is 5.43. The molecule has 1 aliphatic heterocycles. The van der Waals surface area contributed by atoms with Gasteiger partial charge < -0.3 is 10.6 Å². The fourth-order valence-electron chi connectivity index (χ4n) is 3.31. The van der Waals surface area contributed by atoms with Gasteiger partial charge in [-0.15, -0.1) is 0 Å². The van der Waals surface area contributed by atoms with E-state index in [1.165, 1.54) is 24.8 Å². The summed E-state index contributed by atoms with van der Waals surface area (Å²) in [6, 6.07) is 9.17. The number of aliphatic imine (C=N–C) groups is 1. The Bertz CT molecular complexity index is 554. The minimum Gasteiger partial charge on any atom is -0.354 e. The zero-order chi connectivity index (χ0) is 16.2. The third-order valence-electron chi connectivity index (χ3n) is 4.93. The Kier molecular flexibility index (Phi) is 5.44. The van der Waals surface area contributed by atoms with Crippen LogP contribution in [0.1, 0.15) is 37.8 Å². The Morgan fingerprint density at radius 2 is 2.13 bits per heavy atom. The summed E-state index contributed by atoms with van der Waals surface area (Å²) in [7, 11) is 1.84. The quantitative estimate of drug-likeness (QED) is 0.642. The van der Waals surface area contributed by atoms with Crippen LogP contribution in [0.25, 0.3) is 0 Å². The van der Waals surface area contributed by atoms with E-state index < -0.39 is 0 Å². The normalized spacial score (nSPS) is 26.1. The molecule has 2 aliphatic rings. The van der Waals surface area contributed by atoms with Gasteiger partial charge in [0.05, 0.1) is 6.04 Å². The zero-order valence-corrected chi connectivity index (χ0v) is 14.8. The summed E-state index contributed by atoms with van der Waals surface area (Å²) in [6.07, 6.45) is 3.80. The van der Waals surface area contributed by atoms with Crippen LogP contribution in [0.15, 0.2) is 29.3 Å². The van der Waals surface area contributed by atoms with Crippen LogP contribution in [0, 0.1) is 5.92 Å². The van der Waals surface area contributed by atoms with E-state index in [1.54, 1.807) is 0 Å². The van der Waals surface area contributed by atoms with Crippen LogP contribution in [0.3, 0.4) is 0 Å². The topological polar surface area (TPSA) is 39.7 Å². The van der Waals surface area contributed by atoms with Crippen LogP contribution in [0.2, 0.25) is 5.02 Å². The fraction of sp³-hybridized carbons (Fsp3) is 0.611. The Morgan fingerprint density at radius 1 is 1.39 bits per heavy atom. The zero-order valence-electron chi connectivity index (χ0n) is 14.1. The van der Waals surface area contributed by atoms with Crippen molar-refractivity contribution in [2.45, 2.75) is 38.3 Å². The molecule has 3 atom stereocenters. The van der Waals surface area contributed by atoms with Gasteiger partial charge in [-0.05, 0) is 56.0 Å². The monoisotopic (exact) mass is 334 g/mol. The summed E-state index contributed by atoms with van der Waals surface area (Å²) in [4.78, 5) is 6.91. The first kappa shape index (κ1) is 16.6. The SMILES string of the molecule is CN=C(NCC(c1cccc(Cl)c1)N1CCCC1)NC1CC1C. The standard InChI is InChI=1S/C18H27ClN4/c1-13-10-16(13)22-18(20-2)21-12-17(23-8-3-4-9-23)14-6-5-7-15(19)11-14/h5-7,11,13,16-17H,3-4,8-10,12H2,1-2H3,(H2,20,21,22). The molecule has 0 aromatic heterocycles. The van der Waals surface area contributed by atoms with Gasteiger partial charge in [0.15, 0.2) is 5.96 Å². The van der Waals surface area contributed by atoms with Gasteiger partial charge in [-0.1, -0.05) is 30.7 Å². The predicted octanol–water partition coefficient (Wildman–Crippen LogP) is 3.05. The van der Waals surface area contributed by atoms with Crippen molar-refractivity contribution in [3.05, 3.63) is 34.9 Å². The number of guanidine groups is 1. The fourth-order valence-corrected chi connectivity index (χ4v) is 3.51. The molecule has 23 heavy (non-hydrogen) atoms. The average molecular weight is 335 g/mol. The molecule has 5 heteroatoms. The van der Waals surface area contributed by atoms with Crippen LogP contribution < -0.4 is 10.6 Å². The van der Waals surface area contributed by atoms with Gasteiger partial charge in [0, 0.05) is 24.7 Å². The second kappa shape index (κ2) is 7.54. The van der Waals surface area contributed by atoms with E-state index in [4.69, 9.17) is 11.6 Å². The van der Waals surface area contributed by atoms with E-state index >= 15 is 0 Å². The molecule has 3 unspecified atom stereocenters. The Hall–Kier alpha value is -1.26. The minimum absolute atomic E-state index is 0.339. The van der Waals surface area contributed by atoms with Crippen LogP contribution in [0.4, 0.5) is 0 Å². The molecular weight excluding hydrogens is 308 g/mol. The number of likely N-dealkylation sites (tertiary alicyclic amines) is 1. The van der Waals surface area contributed by atoms with E-state index in [0.717, 1.165) is 36.5 Å². The number of hydrogen-bond acceptors (Lipinski definition) is 2. The van der Waals surface area contributed by atoms with E-state index in [9.17, 15) is 0 Å². The molecule has 0 spiro atoms. The molecule has 126 valence electrons. The van der Waals surface area contributed by atoms with Gasteiger partial charge in [-0.3, -0.25) is 9.89 Å². The molecule has 4 nitrogen and oxygen atoms in total. The molecule has 1 aromatic rings. The number of halogens is 1. The molecular formula is C18H27ClN4. The van der Waals surface area contributed by atoms with Crippen LogP contribution >= 0.6 is 11.6 Å². The molecule has 1 saturated carbocycles. The van der Waals surface area contributed by atoms with Gasteiger partial charge in [0.2, 0.25) is 0 Å². The van der Waals surface area contributed by atoms with Crippen molar-refractivity contribution in [1.29, 1.82) is 0 Å². The van der Waals surface area contributed by atoms with Crippen molar-refractivity contribution in [2.24, 2.45) is 10.9 Å². The van der Waals surface area contributed by atoms with Crippen molar-refractivity contribution < 1.29 is 0 Å². The summed E-state index contributed by atoms with van der Waals surface area (Å²) >= 11 is 6.20. The Balaban J connectivity index is 1.65. The molecule has 1 aromatic carbocycles. The first-order valence-electron chi connectivity index (χ1n) is 8.64. The average Bonchev–Trinajstić information content (AvgIpc) is 3.01. The molecule has 0 radical (unpaired) electrons. The maximum Gasteiger partial charge on any atom is 0.191 e. The maximum absolute atomic E-state index is 6.20. The van der Waals surface area contributed by atoms with Crippen LogP contribution in [0.5, 0.6) is 0 Å². The summed E-state index contributed by atoms with van der Waals surface area (Å²) in [5.41, 5.74) is 1.28. The molecule has 3 rings (SSSR count). The lowest BCUT2D eigenvalue weighted by Gasteiger charge is -2.29. The summed E-state index contributed by atoms with van der Waals surface area (Å²) in [5.74, 6) is 1.67. The molecule has 0 bridgehead atoms. The summed E-state index contributed by atoms with van der Waals surface area (Å²) in [5, 5.41) is 7.81. The summed E-state index contributed by atoms with van der Waals surface area (Å²) < 4.78 is 0. The predicted molar refractivity (Wildman–Crippen MR) is 97.1 cm³/mol. The lowest BCUT2D eigenvalue weighted by molar-refractivity contribution is 0.245. The molecule has 2 fully saturated rings. The van der Waals surface area contributed by atoms with Crippen molar-refractivity contribution in [2.75, 3.05) is 26.7 Å². The van der Waals surface area contributed by atoms with Crippen molar-refractivity contribution in [3.63, 3.8) is 0 Å². The van der Waals surface area contributed by atoms with Gasteiger partial charge in [-0.25, -0.2) is 0 Å². The van der Waals surface area contributed by atoms with Gasteiger partial charge >= 0.3 is 0 Å². The number of nitrogens with one attached hydrogen (secondary N) is 2. The van der Waals surface area contributed by atoms with Crippen LogP contribution in [-0.4, -0.2) is 43.6 Å². The van der Waals surface area contributed by atoms with Gasteiger partial charge in [-0.2, -0.15) is 0 Å². The molecule has 2 N–H and O–H groups in total. The van der Waals surface area contributed by atoms with Crippen molar-refractivity contribution >= 4 is 17.6 Å². The number of nitrogens with zero attached hydrogens (tertiary/aromatic N) is 2. The highest BCUT2D eigenvalue weighted by Crippen LogP contribution is 2.29. The highest BCUT2D eigenvalue weighted by molar-refractivity contribution is 6.30. The second-order valence-corrected chi connectivity index (χ2v) is 7.17. The van der Waals surface area contributed by atoms with Crippen molar-refractivity contribution in [3.8, 4) is 0 Å². The van der Waals surface area contributed by atoms with E-state index in [1.807, 2.05) is 19.2 Å². The third-order valence-corrected chi connectivity index (χ3v) is 5.17. The lowest BCUT2D eigenvalue weighted by Crippen LogP contribution is -2.43. The number of benzene rings is 1. The smallest absolute Gasteiger partial charge is 0.191 e. The van der Waals surface area contributed by atoms with E-state index in [-0.39, 0.29) is 0 Å². The second-order valence-electron chi connectivity index (χ2n) is 6.73. The molecule has 1 saturated heterocycles. The number of hydrogen-bond donors (Lipinski definition) is 2. The van der Waals surface area contributed by atoms with E-state index in [0.29, 0.717) is 12.1 Å². The van der Waals surface area contributed by atoms with E-state index in [2.05, 4.69) is 39.6 Å². The Morgan fingerprint density at radius 3 is 2.74 bits per heavy atom. The highest BCUT2D eigenvalue weighted by atomic mass is 35.5.